The maximum atomic E-state index is 11.6. The molecule has 1 rings (SSSR count). The number of nitrogens with one attached hydrogen (secondary N) is 1. The maximum absolute atomic E-state index is 11.6. The van der Waals surface area contributed by atoms with Gasteiger partial charge in [0.05, 0.1) is 6.61 Å². The SMILES string of the molecule is CCCCCC/C=C\CCCCC/C=C/C(=O)NC1CCOC1=O. The van der Waals surface area contributed by atoms with Crippen molar-refractivity contribution < 1.29 is 14.3 Å². The summed E-state index contributed by atoms with van der Waals surface area (Å²) in [7, 11) is 0. The smallest absolute Gasteiger partial charge is 0.328 e. The first-order valence-electron chi connectivity index (χ1n) is 9.52. The normalized spacial score (nSPS) is 17.7. The van der Waals surface area contributed by atoms with E-state index in [-0.39, 0.29) is 11.9 Å². The van der Waals surface area contributed by atoms with E-state index >= 15 is 0 Å². The number of carbonyl (C=O) groups is 2. The third-order valence-electron chi connectivity index (χ3n) is 4.15. The fraction of sp³-hybridized carbons (Fsp3) is 0.700. The molecule has 1 N–H and O–H groups in total. The molecule has 1 aliphatic heterocycles. The minimum Gasteiger partial charge on any atom is -0.464 e. The largest absolute Gasteiger partial charge is 0.464 e. The van der Waals surface area contributed by atoms with Gasteiger partial charge in [-0.1, -0.05) is 50.8 Å². The first kappa shape index (κ1) is 20.5. The van der Waals surface area contributed by atoms with Crippen molar-refractivity contribution in [3.05, 3.63) is 24.3 Å². The van der Waals surface area contributed by atoms with Gasteiger partial charge in [-0.15, -0.1) is 0 Å². The number of amides is 1. The molecule has 1 heterocycles. The van der Waals surface area contributed by atoms with Crippen LogP contribution in [0.15, 0.2) is 24.3 Å². The van der Waals surface area contributed by atoms with Crippen LogP contribution in [0.4, 0.5) is 0 Å². The Bertz CT molecular complexity index is 415. The van der Waals surface area contributed by atoms with E-state index in [1.807, 2.05) is 6.08 Å². The second-order valence-corrected chi connectivity index (χ2v) is 6.38. The Morgan fingerprint density at radius 3 is 2.25 bits per heavy atom. The third-order valence-corrected chi connectivity index (χ3v) is 4.15. The molecule has 4 heteroatoms. The first-order valence-corrected chi connectivity index (χ1v) is 9.52. The Morgan fingerprint density at radius 2 is 1.67 bits per heavy atom. The second kappa shape index (κ2) is 13.8. The van der Waals surface area contributed by atoms with Crippen LogP contribution in [0.1, 0.15) is 77.6 Å². The second-order valence-electron chi connectivity index (χ2n) is 6.38. The Hall–Kier alpha value is -1.58. The number of ether oxygens (including phenoxy) is 1. The zero-order valence-corrected chi connectivity index (χ0v) is 15.1. The average Bonchev–Trinajstić information content (AvgIpc) is 2.97. The summed E-state index contributed by atoms with van der Waals surface area (Å²) in [6.07, 6.45) is 20.7. The summed E-state index contributed by atoms with van der Waals surface area (Å²) < 4.78 is 4.81. The Kier molecular flexibility index (Phi) is 11.8. The molecular weight excluding hydrogens is 302 g/mol. The Balaban J connectivity index is 1.91. The summed E-state index contributed by atoms with van der Waals surface area (Å²) in [6, 6.07) is -0.462. The molecule has 0 saturated carbocycles. The van der Waals surface area contributed by atoms with Crippen molar-refractivity contribution in [2.75, 3.05) is 6.61 Å². The summed E-state index contributed by atoms with van der Waals surface area (Å²) in [4.78, 5) is 22.9. The minimum absolute atomic E-state index is 0.204. The van der Waals surface area contributed by atoms with Crippen LogP contribution < -0.4 is 5.32 Å². The van der Waals surface area contributed by atoms with Crippen molar-refractivity contribution in [3.8, 4) is 0 Å². The van der Waals surface area contributed by atoms with Gasteiger partial charge in [-0.05, 0) is 44.6 Å². The predicted octanol–water partition coefficient (Wildman–Crippen LogP) is 4.45. The molecule has 0 bridgehead atoms. The molecule has 0 aromatic heterocycles. The molecule has 0 aromatic carbocycles. The highest BCUT2D eigenvalue weighted by Gasteiger charge is 2.26. The number of hydrogen-bond donors (Lipinski definition) is 1. The van der Waals surface area contributed by atoms with Crippen LogP contribution >= 0.6 is 0 Å². The molecule has 1 aliphatic rings. The fourth-order valence-electron chi connectivity index (χ4n) is 2.66. The van der Waals surface area contributed by atoms with E-state index in [1.165, 1.54) is 51.0 Å². The number of cyclic esters (lactones) is 1. The van der Waals surface area contributed by atoms with Crippen LogP contribution in [0, 0.1) is 0 Å². The summed E-state index contributed by atoms with van der Waals surface area (Å²) in [6.45, 7) is 2.64. The number of carbonyl (C=O) groups excluding carboxylic acids is 2. The van der Waals surface area contributed by atoms with E-state index < -0.39 is 6.04 Å². The van der Waals surface area contributed by atoms with Crippen molar-refractivity contribution in [2.24, 2.45) is 0 Å². The van der Waals surface area contributed by atoms with Gasteiger partial charge >= 0.3 is 5.97 Å². The van der Waals surface area contributed by atoms with E-state index in [0.717, 1.165) is 19.3 Å². The molecule has 24 heavy (non-hydrogen) atoms. The summed E-state index contributed by atoms with van der Waals surface area (Å²) in [5, 5.41) is 2.66. The van der Waals surface area contributed by atoms with Crippen LogP contribution in [0.25, 0.3) is 0 Å². The third kappa shape index (κ3) is 10.2. The number of allylic oxidation sites excluding steroid dienone is 3. The number of hydrogen-bond acceptors (Lipinski definition) is 3. The Labute approximate surface area is 146 Å². The standard InChI is InChI=1S/C20H33NO3/c1-2-3-4-5-6-7-8-9-10-11-12-13-14-15-19(22)21-18-16-17-24-20(18)23/h7-8,14-15,18H,2-6,9-13,16-17H2,1H3,(H,21,22)/b8-7-,15-14+. The summed E-state index contributed by atoms with van der Waals surface area (Å²) >= 11 is 0. The number of unbranched alkanes of at least 4 members (excludes halogenated alkanes) is 8. The lowest BCUT2D eigenvalue weighted by Gasteiger charge is -2.05. The number of esters is 1. The topological polar surface area (TPSA) is 55.4 Å². The highest BCUT2D eigenvalue weighted by atomic mass is 16.5. The lowest BCUT2D eigenvalue weighted by Crippen LogP contribution is -2.36. The molecule has 4 nitrogen and oxygen atoms in total. The molecule has 0 aliphatic carbocycles. The van der Waals surface area contributed by atoms with Gasteiger partial charge in [0.2, 0.25) is 5.91 Å². The lowest BCUT2D eigenvalue weighted by molar-refractivity contribution is -0.140. The van der Waals surface area contributed by atoms with Gasteiger partial charge in [0.1, 0.15) is 6.04 Å². The lowest BCUT2D eigenvalue weighted by atomic mass is 10.1. The van der Waals surface area contributed by atoms with Crippen LogP contribution in [0.5, 0.6) is 0 Å². The molecule has 1 atom stereocenters. The van der Waals surface area contributed by atoms with E-state index in [0.29, 0.717) is 13.0 Å². The first-order chi connectivity index (χ1) is 11.7. The quantitative estimate of drug-likeness (QED) is 0.234. The highest BCUT2D eigenvalue weighted by Crippen LogP contribution is 2.08. The molecular formula is C20H33NO3. The fourth-order valence-corrected chi connectivity index (χ4v) is 2.66. The van der Waals surface area contributed by atoms with Crippen LogP contribution in [-0.2, 0) is 14.3 Å². The Morgan fingerprint density at radius 1 is 1.04 bits per heavy atom. The van der Waals surface area contributed by atoms with Crippen LogP contribution in [0.3, 0.4) is 0 Å². The van der Waals surface area contributed by atoms with Crippen molar-refractivity contribution in [1.29, 1.82) is 0 Å². The molecule has 1 amide bonds. The summed E-state index contributed by atoms with van der Waals surface area (Å²) in [5.74, 6) is -0.528. The van der Waals surface area contributed by atoms with E-state index in [2.05, 4.69) is 24.4 Å². The molecule has 136 valence electrons. The van der Waals surface area contributed by atoms with Crippen molar-refractivity contribution in [1.82, 2.24) is 5.32 Å². The number of rotatable bonds is 13. The van der Waals surface area contributed by atoms with Crippen molar-refractivity contribution in [2.45, 2.75) is 83.6 Å². The summed E-state index contributed by atoms with van der Waals surface area (Å²) in [5.41, 5.74) is 0. The van der Waals surface area contributed by atoms with Crippen LogP contribution in [0.2, 0.25) is 0 Å². The van der Waals surface area contributed by atoms with Gasteiger partial charge < -0.3 is 10.1 Å². The van der Waals surface area contributed by atoms with Gasteiger partial charge in [0, 0.05) is 6.42 Å². The predicted molar refractivity (Wildman–Crippen MR) is 97.6 cm³/mol. The highest BCUT2D eigenvalue weighted by molar-refractivity contribution is 5.91. The molecule has 1 fully saturated rings. The molecule has 1 unspecified atom stereocenters. The van der Waals surface area contributed by atoms with E-state index in [1.54, 1.807) is 0 Å². The maximum Gasteiger partial charge on any atom is 0.328 e. The van der Waals surface area contributed by atoms with Crippen LogP contribution in [-0.4, -0.2) is 24.5 Å². The van der Waals surface area contributed by atoms with Gasteiger partial charge in [0.25, 0.3) is 0 Å². The van der Waals surface area contributed by atoms with Gasteiger partial charge in [-0.3, -0.25) is 4.79 Å². The van der Waals surface area contributed by atoms with Gasteiger partial charge in [-0.2, -0.15) is 0 Å². The molecule has 0 aromatic rings. The van der Waals surface area contributed by atoms with E-state index in [9.17, 15) is 9.59 Å². The van der Waals surface area contributed by atoms with Crippen molar-refractivity contribution in [3.63, 3.8) is 0 Å². The van der Waals surface area contributed by atoms with Crippen molar-refractivity contribution >= 4 is 11.9 Å². The average molecular weight is 335 g/mol. The molecule has 0 spiro atoms. The van der Waals surface area contributed by atoms with E-state index in [4.69, 9.17) is 4.74 Å². The zero-order chi connectivity index (χ0) is 17.5. The minimum atomic E-state index is -0.462. The zero-order valence-electron chi connectivity index (χ0n) is 15.1. The molecule has 0 radical (unpaired) electrons. The monoisotopic (exact) mass is 335 g/mol. The van der Waals surface area contributed by atoms with Gasteiger partial charge in [0.15, 0.2) is 0 Å². The molecule has 1 saturated heterocycles. The van der Waals surface area contributed by atoms with Gasteiger partial charge in [-0.25, -0.2) is 4.79 Å².